The molecule has 0 fully saturated rings. The standard InChI is InChI=1S/C14H20F3NO2/c1-11(2)18-9-12-5-3-4-6-13(12)20-8-7-19-10-14(15,16)17/h3-6,11,18H,7-10H2,1-2H3. The predicted molar refractivity (Wildman–Crippen MR) is 70.8 cm³/mol. The first-order valence-corrected chi connectivity index (χ1v) is 6.47. The summed E-state index contributed by atoms with van der Waals surface area (Å²) in [6.45, 7) is 3.48. The Morgan fingerprint density at radius 1 is 1.15 bits per heavy atom. The van der Waals surface area contributed by atoms with Crippen LogP contribution in [0.1, 0.15) is 19.4 Å². The van der Waals surface area contributed by atoms with Crippen molar-refractivity contribution in [3.8, 4) is 5.75 Å². The van der Waals surface area contributed by atoms with Crippen molar-refractivity contribution in [3.05, 3.63) is 29.8 Å². The van der Waals surface area contributed by atoms with Crippen LogP contribution in [0.5, 0.6) is 5.75 Å². The van der Waals surface area contributed by atoms with Gasteiger partial charge in [0.2, 0.25) is 0 Å². The van der Waals surface area contributed by atoms with Gasteiger partial charge < -0.3 is 14.8 Å². The Morgan fingerprint density at radius 3 is 2.50 bits per heavy atom. The maximum absolute atomic E-state index is 11.9. The second-order valence-electron chi connectivity index (χ2n) is 4.66. The SMILES string of the molecule is CC(C)NCc1ccccc1OCCOCC(F)(F)F. The molecule has 0 aliphatic heterocycles. The first kappa shape index (κ1) is 16.8. The second-order valence-corrected chi connectivity index (χ2v) is 4.66. The molecule has 0 saturated carbocycles. The predicted octanol–water partition coefficient (Wildman–Crippen LogP) is 3.14. The van der Waals surface area contributed by atoms with Crippen molar-refractivity contribution in [2.45, 2.75) is 32.6 Å². The van der Waals surface area contributed by atoms with Crippen molar-refractivity contribution in [1.82, 2.24) is 5.32 Å². The molecule has 0 aromatic heterocycles. The largest absolute Gasteiger partial charge is 0.491 e. The molecule has 0 atom stereocenters. The van der Waals surface area contributed by atoms with Gasteiger partial charge in [0.05, 0.1) is 6.61 Å². The molecule has 0 bridgehead atoms. The average molecular weight is 291 g/mol. The summed E-state index contributed by atoms with van der Waals surface area (Å²) in [5.41, 5.74) is 0.969. The number of benzene rings is 1. The van der Waals surface area contributed by atoms with Gasteiger partial charge in [0.15, 0.2) is 0 Å². The first-order chi connectivity index (χ1) is 9.38. The van der Waals surface area contributed by atoms with Crippen molar-refractivity contribution in [2.75, 3.05) is 19.8 Å². The normalized spacial score (nSPS) is 11.9. The van der Waals surface area contributed by atoms with Gasteiger partial charge in [-0.2, -0.15) is 13.2 Å². The van der Waals surface area contributed by atoms with Gasteiger partial charge in [-0.05, 0) is 6.07 Å². The third-order valence-electron chi connectivity index (χ3n) is 2.42. The third kappa shape index (κ3) is 7.35. The molecular weight excluding hydrogens is 271 g/mol. The first-order valence-electron chi connectivity index (χ1n) is 6.47. The van der Waals surface area contributed by atoms with Crippen LogP contribution in [0.2, 0.25) is 0 Å². The van der Waals surface area contributed by atoms with Crippen LogP contribution in [0.3, 0.4) is 0 Å². The topological polar surface area (TPSA) is 30.5 Å². The van der Waals surface area contributed by atoms with Gasteiger partial charge in [0.25, 0.3) is 0 Å². The van der Waals surface area contributed by atoms with Crippen LogP contribution in [-0.2, 0) is 11.3 Å². The maximum atomic E-state index is 11.9. The lowest BCUT2D eigenvalue weighted by Crippen LogP contribution is -2.22. The minimum Gasteiger partial charge on any atom is -0.491 e. The summed E-state index contributed by atoms with van der Waals surface area (Å²) >= 11 is 0. The molecule has 1 aromatic carbocycles. The molecule has 6 heteroatoms. The number of halogens is 3. The van der Waals surface area contributed by atoms with Gasteiger partial charge >= 0.3 is 6.18 Å². The monoisotopic (exact) mass is 291 g/mol. The molecule has 0 aliphatic carbocycles. The highest BCUT2D eigenvalue weighted by Crippen LogP contribution is 2.18. The van der Waals surface area contributed by atoms with Crippen molar-refractivity contribution in [1.29, 1.82) is 0 Å². The van der Waals surface area contributed by atoms with E-state index >= 15 is 0 Å². The molecule has 1 aromatic rings. The number of nitrogens with one attached hydrogen (secondary N) is 1. The van der Waals surface area contributed by atoms with E-state index < -0.39 is 12.8 Å². The zero-order valence-electron chi connectivity index (χ0n) is 11.7. The molecule has 0 heterocycles. The average Bonchev–Trinajstić information content (AvgIpc) is 2.35. The van der Waals surface area contributed by atoms with Crippen LogP contribution in [0.15, 0.2) is 24.3 Å². The van der Waals surface area contributed by atoms with Crippen LogP contribution in [0.25, 0.3) is 0 Å². The van der Waals surface area contributed by atoms with Gasteiger partial charge in [0, 0.05) is 18.2 Å². The summed E-state index contributed by atoms with van der Waals surface area (Å²) in [4.78, 5) is 0. The van der Waals surface area contributed by atoms with Crippen molar-refractivity contribution < 1.29 is 22.6 Å². The molecule has 0 spiro atoms. The lowest BCUT2D eigenvalue weighted by atomic mass is 10.2. The molecule has 0 aliphatic rings. The molecule has 0 saturated heterocycles. The van der Waals surface area contributed by atoms with Crippen LogP contribution < -0.4 is 10.1 Å². The van der Waals surface area contributed by atoms with Crippen LogP contribution in [-0.4, -0.2) is 32.0 Å². The van der Waals surface area contributed by atoms with E-state index in [2.05, 4.69) is 10.1 Å². The maximum Gasteiger partial charge on any atom is 0.411 e. The Labute approximate surface area is 117 Å². The fourth-order valence-electron chi connectivity index (χ4n) is 1.50. The molecule has 20 heavy (non-hydrogen) atoms. The molecule has 0 unspecified atom stereocenters. The van der Waals surface area contributed by atoms with Gasteiger partial charge in [-0.1, -0.05) is 32.0 Å². The fraction of sp³-hybridized carbons (Fsp3) is 0.571. The summed E-state index contributed by atoms with van der Waals surface area (Å²) in [5.74, 6) is 0.663. The van der Waals surface area contributed by atoms with Crippen molar-refractivity contribution in [2.24, 2.45) is 0 Å². The highest BCUT2D eigenvalue weighted by molar-refractivity contribution is 5.33. The van der Waals surface area contributed by atoms with E-state index in [1.54, 1.807) is 6.07 Å². The molecule has 0 amide bonds. The fourth-order valence-corrected chi connectivity index (χ4v) is 1.50. The zero-order chi connectivity index (χ0) is 15.0. The lowest BCUT2D eigenvalue weighted by Gasteiger charge is -2.14. The molecule has 1 N–H and O–H groups in total. The third-order valence-corrected chi connectivity index (χ3v) is 2.42. The molecule has 0 radical (unpaired) electrons. The van der Waals surface area contributed by atoms with E-state index in [9.17, 15) is 13.2 Å². The summed E-state index contributed by atoms with van der Waals surface area (Å²) in [5, 5.41) is 3.26. The highest BCUT2D eigenvalue weighted by atomic mass is 19.4. The summed E-state index contributed by atoms with van der Waals surface area (Å²) in [7, 11) is 0. The smallest absolute Gasteiger partial charge is 0.411 e. The Bertz CT molecular complexity index is 394. The number of para-hydroxylation sites is 1. The lowest BCUT2D eigenvalue weighted by molar-refractivity contribution is -0.175. The van der Waals surface area contributed by atoms with Gasteiger partial charge in [0.1, 0.15) is 19.0 Å². The van der Waals surface area contributed by atoms with E-state index in [4.69, 9.17) is 4.74 Å². The Hall–Kier alpha value is -1.27. The van der Waals surface area contributed by atoms with E-state index in [1.165, 1.54) is 0 Å². The number of rotatable bonds is 8. The van der Waals surface area contributed by atoms with Gasteiger partial charge in [-0.25, -0.2) is 0 Å². The second kappa shape index (κ2) is 8.11. The Kier molecular flexibility index (Phi) is 6.81. The molecule has 1 rings (SSSR count). The summed E-state index contributed by atoms with van der Waals surface area (Å²) in [6.07, 6.45) is -4.29. The Balaban J connectivity index is 2.36. The quantitative estimate of drug-likeness (QED) is 0.746. The van der Waals surface area contributed by atoms with E-state index in [1.807, 2.05) is 32.0 Å². The number of hydrogen-bond donors (Lipinski definition) is 1. The van der Waals surface area contributed by atoms with Crippen molar-refractivity contribution in [3.63, 3.8) is 0 Å². The molecule has 3 nitrogen and oxygen atoms in total. The minimum atomic E-state index is -4.29. The van der Waals surface area contributed by atoms with E-state index in [0.717, 1.165) is 5.56 Å². The van der Waals surface area contributed by atoms with Crippen molar-refractivity contribution >= 4 is 0 Å². The van der Waals surface area contributed by atoms with Crippen LogP contribution in [0, 0.1) is 0 Å². The summed E-state index contributed by atoms with van der Waals surface area (Å²) < 4.78 is 45.6. The van der Waals surface area contributed by atoms with E-state index in [0.29, 0.717) is 18.3 Å². The molecule has 114 valence electrons. The molecular formula is C14H20F3NO2. The summed E-state index contributed by atoms with van der Waals surface area (Å²) in [6, 6.07) is 7.77. The van der Waals surface area contributed by atoms with Gasteiger partial charge in [-0.15, -0.1) is 0 Å². The van der Waals surface area contributed by atoms with Gasteiger partial charge in [-0.3, -0.25) is 0 Å². The zero-order valence-corrected chi connectivity index (χ0v) is 11.7. The number of alkyl halides is 3. The highest BCUT2D eigenvalue weighted by Gasteiger charge is 2.27. The van der Waals surface area contributed by atoms with E-state index in [-0.39, 0.29) is 13.2 Å². The van der Waals surface area contributed by atoms with Crippen LogP contribution >= 0.6 is 0 Å². The Morgan fingerprint density at radius 2 is 1.85 bits per heavy atom. The van der Waals surface area contributed by atoms with Crippen LogP contribution in [0.4, 0.5) is 13.2 Å². The minimum absolute atomic E-state index is 0.0918. The number of hydrogen-bond acceptors (Lipinski definition) is 3. The number of ether oxygens (including phenoxy) is 2.